The van der Waals surface area contributed by atoms with Gasteiger partial charge in [-0.1, -0.05) is 52.4 Å². The molecule has 0 bridgehead atoms. The summed E-state index contributed by atoms with van der Waals surface area (Å²) in [6, 6.07) is 0. The fraction of sp³-hybridized carbons (Fsp3) is 0.882. The van der Waals surface area contributed by atoms with Gasteiger partial charge in [0.25, 0.3) is 5.96 Å². The number of nitrogens with one attached hydrogen (secondary N) is 1. The Hall–Kier alpha value is -1.86. The van der Waals surface area contributed by atoms with Gasteiger partial charge in [0, 0.05) is 13.0 Å². The van der Waals surface area contributed by atoms with Crippen LogP contribution in [0.2, 0.25) is 0 Å². The summed E-state index contributed by atoms with van der Waals surface area (Å²) < 4.78 is 5.44. The number of esters is 1. The minimum absolute atomic E-state index is 0.00314. The zero-order valence-corrected chi connectivity index (χ0v) is 16.0. The molecule has 0 rings (SSSR count). The molecule has 0 fully saturated rings. The highest BCUT2D eigenvalue weighted by molar-refractivity contribution is 5.76. The SMILES string of the molecule is CCCCCCC(=O)OC[C@H](CCCN=C(N)N[N+](=O)[O-])C(C)(C)C. The molecule has 0 radical (unpaired) electrons. The van der Waals surface area contributed by atoms with E-state index in [4.69, 9.17) is 10.5 Å². The highest BCUT2D eigenvalue weighted by Gasteiger charge is 2.25. The van der Waals surface area contributed by atoms with Crippen LogP contribution in [0, 0.1) is 21.4 Å². The number of aliphatic imine (C=N–C) groups is 1. The minimum atomic E-state index is -0.739. The van der Waals surface area contributed by atoms with Gasteiger partial charge in [0.2, 0.25) is 0 Å². The van der Waals surface area contributed by atoms with Gasteiger partial charge < -0.3 is 10.5 Å². The first-order chi connectivity index (χ1) is 11.7. The average molecular weight is 358 g/mol. The van der Waals surface area contributed by atoms with Crippen molar-refractivity contribution in [1.29, 1.82) is 0 Å². The van der Waals surface area contributed by atoms with Crippen LogP contribution < -0.4 is 11.2 Å². The van der Waals surface area contributed by atoms with Crippen molar-refractivity contribution < 1.29 is 14.6 Å². The topological polar surface area (TPSA) is 120 Å². The Bertz CT molecular complexity index is 433. The molecule has 0 spiro atoms. The number of guanidine groups is 1. The van der Waals surface area contributed by atoms with Crippen LogP contribution in [0.1, 0.15) is 72.6 Å². The maximum Gasteiger partial charge on any atom is 0.305 e. The number of hydrogen-bond donors (Lipinski definition) is 2. The van der Waals surface area contributed by atoms with Crippen LogP contribution in [0.5, 0.6) is 0 Å². The highest BCUT2D eigenvalue weighted by Crippen LogP contribution is 2.30. The van der Waals surface area contributed by atoms with Crippen LogP contribution in [0.4, 0.5) is 0 Å². The van der Waals surface area contributed by atoms with Crippen molar-refractivity contribution in [1.82, 2.24) is 5.43 Å². The summed E-state index contributed by atoms with van der Waals surface area (Å²) >= 11 is 0. The number of unbranched alkanes of at least 4 members (excludes halogenated alkanes) is 3. The minimum Gasteiger partial charge on any atom is -0.465 e. The highest BCUT2D eigenvalue weighted by atomic mass is 16.7. The molecule has 8 nitrogen and oxygen atoms in total. The average Bonchev–Trinajstić information content (AvgIpc) is 2.48. The molecule has 3 N–H and O–H groups in total. The van der Waals surface area contributed by atoms with Crippen LogP contribution in [0.3, 0.4) is 0 Å². The lowest BCUT2D eigenvalue weighted by Crippen LogP contribution is -2.36. The Labute approximate surface area is 150 Å². The van der Waals surface area contributed by atoms with E-state index in [1.54, 1.807) is 0 Å². The third-order valence-electron chi connectivity index (χ3n) is 4.10. The number of rotatable bonds is 12. The number of hydrazine groups is 1. The Balaban J connectivity index is 4.21. The number of carbonyl (C=O) groups is 1. The summed E-state index contributed by atoms with van der Waals surface area (Å²) in [5.74, 6) is -0.134. The van der Waals surface area contributed by atoms with Gasteiger partial charge in [-0.25, -0.2) is 15.1 Å². The van der Waals surface area contributed by atoms with E-state index in [2.05, 4.69) is 32.7 Å². The van der Waals surface area contributed by atoms with E-state index in [9.17, 15) is 14.9 Å². The molecule has 0 aromatic rings. The Morgan fingerprint density at radius 3 is 2.52 bits per heavy atom. The lowest BCUT2D eigenvalue weighted by molar-refractivity contribution is -0.525. The second-order valence-electron chi connectivity index (χ2n) is 7.33. The summed E-state index contributed by atoms with van der Waals surface area (Å²) in [6.45, 7) is 9.25. The molecular weight excluding hydrogens is 324 g/mol. The number of nitrogens with two attached hydrogens (primary N) is 1. The van der Waals surface area contributed by atoms with Crippen molar-refractivity contribution in [2.24, 2.45) is 22.1 Å². The number of nitro groups is 1. The molecule has 0 aliphatic rings. The Kier molecular flexibility index (Phi) is 11.6. The number of nitrogens with zero attached hydrogens (tertiary/aromatic N) is 2. The van der Waals surface area contributed by atoms with Gasteiger partial charge in [-0.3, -0.25) is 4.79 Å². The number of hydrogen-bond acceptors (Lipinski definition) is 5. The van der Waals surface area contributed by atoms with Crippen molar-refractivity contribution in [3.8, 4) is 0 Å². The first kappa shape index (κ1) is 23.1. The Morgan fingerprint density at radius 2 is 1.96 bits per heavy atom. The molecule has 0 saturated carbocycles. The predicted octanol–water partition coefficient (Wildman–Crippen LogP) is 3.04. The zero-order chi connectivity index (χ0) is 19.3. The molecule has 8 heteroatoms. The van der Waals surface area contributed by atoms with Gasteiger partial charge in [-0.2, -0.15) is 0 Å². The standard InChI is InChI=1S/C17H34N4O4/c1-5-6-7-8-11-15(22)25-13-14(17(2,3)4)10-9-12-19-16(18)20-21(23)24/h14H,5-13H2,1-4H3,(H3,18,19,20)/t14-/m0/s1. The summed E-state index contributed by atoms with van der Waals surface area (Å²) in [5.41, 5.74) is 7.18. The summed E-state index contributed by atoms with van der Waals surface area (Å²) in [7, 11) is 0. The fourth-order valence-corrected chi connectivity index (χ4v) is 2.39. The summed E-state index contributed by atoms with van der Waals surface area (Å²) in [4.78, 5) is 26.0. The molecule has 0 aliphatic carbocycles. The largest absolute Gasteiger partial charge is 0.465 e. The molecule has 0 saturated heterocycles. The molecule has 0 unspecified atom stereocenters. The first-order valence-electron chi connectivity index (χ1n) is 9.03. The van der Waals surface area contributed by atoms with Crippen molar-refractivity contribution in [2.45, 2.75) is 72.6 Å². The normalized spacial score (nSPS) is 13.4. The zero-order valence-electron chi connectivity index (χ0n) is 16.0. The Morgan fingerprint density at radius 1 is 1.28 bits per heavy atom. The first-order valence-corrected chi connectivity index (χ1v) is 9.03. The van der Waals surface area contributed by atoms with Crippen molar-refractivity contribution in [2.75, 3.05) is 13.2 Å². The molecule has 0 amide bonds. The van der Waals surface area contributed by atoms with Crippen LogP contribution in [-0.2, 0) is 9.53 Å². The van der Waals surface area contributed by atoms with Crippen LogP contribution in [0.15, 0.2) is 4.99 Å². The van der Waals surface area contributed by atoms with Crippen molar-refractivity contribution in [3.05, 3.63) is 10.1 Å². The summed E-state index contributed by atoms with van der Waals surface area (Å²) in [6.07, 6.45) is 6.23. The molecule has 0 aromatic heterocycles. The van der Waals surface area contributed by atoms with E-state index in [-0.39, 0.29) is 23.3 Å². The molecule has 0 aromatic carbocycles. The molecular formula is C17H34N4O4. The lowest BCUT2D eigenvalue weighted by Gasteiger charge is -2.30. The maximum absolute atomic E-state index is 11.8. The van der Waals surface area contributed by atoms with Gasteiger partial charge in [-0.05, 0) is 30.6 Å². The molecule has 0 aliphatic heterocycles. The van der Waals surface area contributed by atoms with Gasteiger partial charge in [0.15, 0.2) is 5.03 Å². The third-order valence-corrected chi connectivity index (χ3v) is 4.10. The molecule has 0 heterocycles. The second-order valence-corrected chi connectivity index (χ2v) is 7.33. The number of ether oxygens (including phenoxy) is 1. The predicted molar refractivity (Wildman–Crippen MR) is 98.5 cm³/mol. The van der Waals surface area contributed by atoms with E-state index in [0.717, 1.165) is 38.5 Å². The second kappa shape index (κ2) is 12.5. The number of carbonyl (C=O) groups excluding carboxylic acids is 1. The van der Waals surface area contributed by atoms with Crippen LogP contribution in [-0.4, -0.2) is 30.1 Å². The van der Waals surface area contributed by atoms with Crippen molar-refractivity contribution in [3.63, 3.8) is 0 Å². The van der Waals surface area contributed by atoms with Gasteiger partial charge in [0.05, 0.1) is 6.61 Å². The van der Waals surface area contributed by atoms with E-state index >= 15 is 0 Å². The van der Waals surface area contributed by atoms with E-state index in [1.165, 1.54) is 0 Å². The van der Waals surface area contributed by atoms with Gasteiger partial charge in [-0.15, -0.1) is 0 Å². The fourth-order valence-electron chi connectivity index (χ4n) is 2.39. The van der Waals surface area contributed by atoms with Crippen molar-refractivity contribution >= 4 is 11.9 Å². The molecule has 25 heavy (non-hydrogen) atoms. The van der Waals surface area contributed by atoms with Gasteiger partial charge in [0.1, 0.15) is 0 Å². The van der Waals surface area contributed by atoms with Gasteiger partial charge >= 0.3 is 5.97 Å². The van der Waals surface area contributed by atoms with Crippen LogP contribution >= 0.6 is 0 Å². The van der Waals surface area contributed by atoms with E-state index < -0.39 is 5.03 Å². The maximum atomic E-state index is 11.8. The quantitative estimate of drug-likeness (QED) is 0.138. The van der Waals surface area contributed by atoms with E-state index in [1.807, 2.05) is 5.43 Å². The van der Waals surface area contributed by atoms with E-state index in [0.29, 0.717) is 19.6 Å². The lowest BCUT2D eigenvalue weighted by atomic mass is 9.78. The smallest absolute Gasteiger partial charge is 0.305 e. The molecule has 1 atom stereocenters. The third kappa shape index (κ3) is 13.1. The van der Waals surface area contributed by atoms with Crippen LogP contribution in [0.25, 0.3) is 0 Å². The molecule has 146 valence electrons. The summed E-state index contributed by atoms with van der Waals surface area (Å²) in [5, 5.41) is 9.49. The monoisotopic (exact) mass is 358 g/mol.